The number of aliphatic hydroxyl groups excluding tert-OH is 3. The van der Waals surface area contributed by atoms with Crippen molar-refractivity contribution in [3.05, 3.63) is 24.3 Å². The van der Waals surface area contributed by atoms with Crippen LogP contribution in [0.3, 0.4) is 0 Å². The molecule has 0 amide bonds. The van der Waals surface area contributed by atoms with E-state index in [0.29, 0.717) is 11.5 Å². The summed E-state index contributed by atoms with van der Waals surface area (Å²) in [5, 5.41) is 27.8. The minimum absolute atomic E-state index is 0.0339. The van der Waals surface area contributed by atoms with Crippen molar-refractivity contribution >= 4 is 0 Å². The van der Waals surface area contributed by atoms with E-state index in [2.05, 4.69) is 0 Å². The molecule has 7 nitrogen and oxygen atoms in total. The van der Waals surface area contributed by atoms with Gasteiger partial charge in [0.05, 0.1) is 40.1 Å². The zero-order valence-corrected chi connectivity index (χ0v) is 12.7. The Balaban J connectivity index is 2.17. The van der Waals surface area contributed by atoms with Crippen LogP contribution in [0.2, 0.25) is 0 Å². The van der Waals surface area contributed by atoms with Crippen molar-refractivity contribution in [2.24, 2.45) is 0 Å². The van der Waals surface area contributed by atoms with E-state index < -0.39 is 12.2 Å². The Morgan fingerprint density at radius 3 is 2.14 bits per heavy atom. The Morgan fingerprint density at radius 2 is 1.50 bits per heavy atom. The van der Waals surface area contributed by atoms with Crippen molar-refractivity contribution in [1.82, 2.24) is 0 Å². The first-order chi connectivity index (χ1) is 10.7. The van der Waals surface area contributed by atoms with Crippen LogP contribution in [0.4, 0.5) is 0 Å². The zero-order valence-electron chi connectivity index (χ0n) is 12.7. The van der Waals surface area contributed by atoms with Crippen molar-refractivity contribution < 1.29 is 34.3 Å². The number of ether oxygens (including phenoxy) is 4. The molecule has 0 aromatic heterocycles. The molecule has 1 rings (SSSR count). The van der Waals surface area contributed by atoms with Gasteiger partial charge < -0.3 is 34.3 Å². The number of aliphatic hydroxyl groups is 3. The lowest BCUT2D eigenvalue weighted by Gasteiger charge is -2.16. The third-order valence-electron chi connectivity index (χ3n) is 2.67. The van der Waals surface area contributed by atoms with Crippen LogP contribution in [-0.2, 0) is 9.47 Å². The molecule has 0 bridgehead atoms. The molecule has 7 heteroatoms. The molecule has 1 aromatic carbocycles. The molecular formula is C15H24O7. The number of hydrogen-bond acceptors (Lipinski definition) is 7. The van der Waals surface area contributed by atoms with Gasteiger partial charge in [-0.3, -0.25) is 0 Å². The number of rotatable bonds is 12. The summed E-state index contributed by atoms with van der Waals surface area (Å²) in [5.74, 6) is 1.13. The lowest BCUT2D eigenvalue weighted by atomic mass is 10.3. The van der Waals surface area contributed by atoms with Crippen molar-refractivity contribution in [3.8, 4) is 11.5 Å². The van der Waals surface area contributed by atoms with E-state index >= 15 is 0 Å². The molecular weight excluding hydrogens is 292 g/mol. The maximum Gasteiger partial charge on any atom is 0.161 e. The molecule has 0 fully saturated rings. The van der Waals surface area contributed by atoms with Crippen molar-refractivity contribution in [2.75, 3.05) is 46.8 Å². The molecule has 0 aliphatic heterocycles. The SMILES string of the molecule is COc1ccccc1OCC(O)COCC(O)COCCO. The Kier molecular flexibility index (Phi) is 9.52. The Hall–Kier alpha value is -1.38. The number of methoxy groups -OCH3 is 1. The van der Waals surface area contributed by atoms with Gasteiger partial charge in [0.2, 0.25) is 0 Å². The quantitative estimate of drug-likeness (QED) is 0.460. The van der Waals surface area contributed by atoms with Gasteiger partial charge in [-0.2, -0.15) is 0 Å². The second kappa shape index (κ2) is 11.2. The van der Waals surface area contributed by atoms with E-state index in [9.17, 15) is 10.2 Å². The van der Waals surface area contributed by atoms with Gasteiger partial charge in [0, 0.05) is 0 Å². The van der Waals surface area contributed by atoms with Gasteiger partial charge in [0.15, 0.2) is 11.5 Å². The highest BCUT2D eigenvalue weighted by atomic mass is 16.5. The minimum atomic E-state index is -0.824. The van der Waals surface area contributed by atoms with E-state index in [1.165, 1.54) is 0 Å². The predicted molar refractivity (Wildman–Crippen MR) is 79.2 cm³/mol. The molecule has 2 unspecified atom stereocenters. The summed E-state index contributed by atoms with van der Waals surface area (Å²) in [6, 6.07) is 7.14. The predicted octanol–water partition coefficient (Wildman–Crippen LogP) is -0.179. The third kappa shape index (κ3) is 7.58. The van der Waals surface area contributed by atoms with E-state index in [-0.39, 0.29) is 39.6 Å². The second-order valence-electron chi connectivity index (χ2n) is 4.61. The summed E-state index contributed by atoms with van der Waals surface area (Å²) < 4.78 is 20.7. The Labute approximate surface area is 130 Å². The molecule has 0 spiro atoms. The van der Waals surface area contributed by atoms with E-state index in [1.54, 1.807) is 19.2 Å². The Bertz CT molecular complexity index is 399. The average molecular weight is 316 g/mol. The lowest BCUT2D eigenvalue weighted by Crippen LogP contribution is -2.28. The molecule has 126 valence electrons. The molecule has 3 N–H and O–H groups in total. The van der Waals surface area contributed by atoms with E-state index in [4.69, 9.17) is 24.1 Å². The molecule has 1 aromatic rings. The first-order valence-corrected chi connectivity index (χ1v) is 7.05. The maximum atomic E-state index is 9.76. The van der Waals surface area contributed by atoms with Gasteiger partial charge in [-0.05, 0) is 12.1 Å². The third-order valence-corrected chi connectivity index (χ3v) is 2.67. The Morgan fingerprint density at radius 1 is 0.909 bits per heavy atom. The van der Waals surface area contributed by atoms with Crippen LogP contribution in [0, 0.1) is 0 Å². The highest BCUT2D eigenvalue weighted by Crippen LogP contribution is 2.25. The van der Waals surface area contributed by atoms with Gasteiger partial charge in [-0.1, -0.05) is 12.1 Å². The summed E-state index contributed by atoms with van der Waals surface area (Å²) in [7, 11) is 1.54. The fourth-order valence-electron chi connectivity index (χ4n) is 1.64. The van der Waals surface area contributed by atoms with Crippen LogP contribution < -0.4 is 9.47 Å². The topological polar surface area (TPSA) is 97.6 Å². The van der Waals surface area contributed by atoms with Crippen LogP contribution in [0.5, 0.6) is 11.5 Å². The first kappa shape index (κ1) is 18.7. The van der Waals surface area contributed by atoms with Gasteiger partial charge in [0.25, 0.3) is 0 Å². The number of para-hydroxylation sites is 2. The molecule has 0 aliphatic rings. The van der Waals surface area contributed by atoms with Gasteiger partial charge >= 0.3 is 0 Å². The van der Waals surface area contributed by atoms with Gasteiger partial charge in [-0.15, -0.1) is 0 Å². The van der Waals surface area contributed by atoms with Crippen molar-refractivity contribution in [2.45, 2.75) is 12.2 Å². The normalized spacial score (nSPS) is 13.6. The first-order valence-electron chi connectivity index (χ1n) is 7.05. The van der Waals surface area contributed by atoms with Crippen LogP contribution in [0.1, 0.15) is 0 Å². The van der Waals surface area contributed by atoms with Crippen LogP contribution in [0.15, 0.2) is 24.3 Å². The highest BCUT2D eigenvalue weighted by Gasteiger charge is 2.10. The monoisotopic (exact) mass is 316 g/mol. The fraction of sp³-hybridized carbons (Fsp3) is 0.600. The van der Waals surface area contributed by atoms with Gasteiger partial charge in [-0.25, -0.2) is 0 Å². The molecule has 0 radical (unpaired) electrons. The summed E-state index contributed by atoms with van der Waals surface area (Å²) in [4.78, 5) is 0. The molecule has 0 aliphatic carbocycles. The standard InChI is InChI=1S/C15H24O7/c1-19-14-4-2-3-5-15(14)22-11-13(18)10-21-9-12(17)8-20-7-6-16/h2-5,12-13,16-18H,6-11H2,1H3. The summed E-state index contributed by atoms with van der Waals surface area (Å²) in [6.45, 7) is 0.286. The fourth-order valence-corrected chi connectivity index (χ4v) is 1.64. The molecule has 2 atom stereocenters. The van der Waals surface area contributed by atoms with Crippen molar-refractivity contribution in [3.63, 3.8) is 0 Å². The van der Waals surface area contributed by atoms with Crippen LogP contribution >= 0.6 is 0 Å². The summed E-state index contributed by atoms with van der Waals surface area (Å²) >= 11 is 0. The van der Waals surface area contributed by atoms with Gasteiger partial charge in [0.1, 0.15) is 18.8 Å². The van der Waals surface area contributed by atoms with Crippen LogP contribution in [-0.4, -0.2) is 74.3 Å². The highest BCUT2D eigenvalue weighted by molar-refractivity contribution is 5.39. The second-order valence-corrected chi connectivity index (χ2v) is 4.61. The van der Waals surface area contributed by atoms with E-state index in [1.807, 2.05) is 12.1 Å². The largest absolute Gasteiger partial charge is 0.493 e. The molecule has 22 heavy (non-hydrogen) atoms. The van der Waals surface area contributed by atoms with E-state index in [0.717, 1.165) is 0 Å². The minimum Gasteiger partial charge on any atom is -0.493 e. The smallest absolute Gasteiger partial charge is 0.161 e. The van der Waals surface area contributed by atoms with Crippen molar-refractivity contribution in [1.29, 1.82) is 0 Å². The summed E-state index contributed by atoms with van der Waals surface area (Å²) in [5.41, 5.74) is 0. The zero-order chi connectivity index (χ0) is 16.2. The molecule has 0 heterocycles. The molecule has 0 saturated heterocycles. The average Bonchev–Trinajstić information content (AvgIpc) is 2.53. The number of benzene rings is 1. The lowest BCUT2D eigenvalue weighted by molar-refractivity contribution is -0.0490. The van der Waals surface area contributed by atoms with Crippen LogP contribution in [0.25, 0.3) is 0 Å². The summed E-state index contributed by atoms with van der Waals surface area (Å²) in [6.07, 6.45) is -1.62. The number of hydrogen-bond donors (Lipinski definition) is 3. The molecule has 0 saturated carbocycles. The maximum absolute atomic E-state index is 9.76.